The third-order valence-electron chi connectivity index (χ3n) is 8.10. The molecule has 1 unspecified atom stereocenters. The Labute approximate surface area is 312 Å². The molecule has 0 heterocycles. The molecule has 0 aliphatic rings. The van der Waals surface area contributed by atoms with Crippen molar-refractivity contribution in [1.82, 2.24) is 0 Å². The summed E-state index contributed by atoms with van der Waals surface area (Å²) < 4.78 is 33.7. The van der Waals surface area contributed by atoms with Gasteiger partial charge in [-0.2, -0.15) is 0 Å². The van der Waals surface area contributed by atoms with Crippen molar-refractivity contribution in [2.45, 2.75) is 155 Å². The fourth-order valence-electron chi connectivity index (χ4n) is 4.94. The predicted molar refractivity (Wildman–Crippen MR) is 208 cm³/mol. The highest BCUT2D eigenvalue weighted by Crippen LogP contribution is 2.38. The Kier molecular flexibility index (Phi) is 32.4. The minimum atomic E-state index is -4.63. The molecular formula is C41H74NO8P. The molecule has 0 saturated heterocycles. The van der Waals surface area contributed by atoms with Gasteiger partial charge in [0, 0.05) is 12.8 Å². The molecule has 0 aliphatic heterocycles. The lowest BCUT2D eigenvalue weighted by molar-refractivity contribution is -0.870. The van der Waals surface area contributed by atoms with E-state index in [1.54, 1.807) is 0 Å². The lowest BCUT2D eigenvalue weighted by Gasteiger charge is -2.28. The van der Waals surface area contributed by atoms with Crippen LogP contribution in [0.15, 0.2) is 48.6 Å². The maximum atomic E-state index is 12.6. The number of nitrogens with zero attached hydrogens (tertiary/aromatic N) is 1. The second-order valence-electron chi connectivity index (χ2n) is 14.3. The zero-order valence-corrected chi connectivity index (χ0v) is 33.9. The number of rotatable bonds is 35. The molecule has 10 heteroatoms. The third kappa shape index (κ3) is 37.5. The summed E-state index contributed by atoms with van der Waals surface area (Å²) in [5.41, 5.74) is 0. The van der Waals surface area contributed by atoms with Crippen molar-refractivity contribution in [2.75, 3.05) is 47.5 Å². The van der Waals surface area contributed by atoms with Gasteiger partial charge in [0.05, 0.1) is 27.7 Å². The maximum Gasteiger partial charge on any atom is 0.306 e. The van der Waals surface area contributed by atoms with Crippen molar-refractivity contribution in [3.63, 3.8) is 0 Å². The number of likely N-dealkylation sites (N-methyl/N-ethyl adjacent to an activating group) is 1. The lowest BCUT2D eigenvalue weighted by atomic mass is 10.1. The lowest BCUT2D eigenvalue weighted by Crippen LogP contribution is -2.37. The van der Waals surface area contributed by atoms with Crippen molar-refractivity contribution in [2.24, 2.45) is 0 Å². The van der Waals surface area contributed by atoms with Gasteiger partial charge in [-0.25, -0.2) is 0 Å². The summed E-state index contributed by atoms with van der Waals surface area (Å²) in [5.74, 6) is -0.905. The van der Waals surface area contributed by atoms with Crippen molar-refractivity contribution < 1.29 is 42.1 Å². The fourth-order valence-corrected chi connectivity index (χ4v) is 5.67. The average Bonchev–Trinajstić information content (AvgIpc) is 3.07. The third-order valence-corrected chi connectivity index (χ3v) is 9.07. The van der Waals surface area contributed by atoms with Crippen LogP contribution >= 0.6 is 7.82 Å². The van der Waals surface area contributed by atoms with Crippen LogP contribution in [0.2, 0.25) is 0 Å². The number of hydrogen-bond acceptors (Lipinski definition) is 8. The predicted octanol–water partition coefficient (Wildman–Crippen LogP) is 10.1. The van der Waals surface area contributed by atoms with E-state index >= 15 is 0 Å². The fraction of sp³-hybridized carbons (Fsp3) is 0.756. The first-order valence-corrected chi connectivity index (χ1v) is 21.3. The van der Waals surface area contributed by atoms with Crippen LogP contribution in [0.25, 0.3) is 0 Å². The Morgan fingerprint density at radius 1 is 0.608 bits per heavy atom. The maximum absolute atomic E-state index is 12.6. The summed E-state index contributed by atoms with van der Waals surface area (Å²) in [6.07, 6.45) is 37.2. The van der Waals surface area contributed by atoms with Crippen LogP contribution in [-0.2, 0) is 32.7 Å². The molecular weight excluding hydrogens is 665 g/mol. The van der Waals surface area contributed by atoms with Gasteiger partial charge in [-0.05, 0) is 51.4 Å². The molecule has 0 aromatic carbocycles. The first kappa shape index (κ1) is 49.0. The Morgan fingerprint density at radius 3 is 1.63 bits per heavy atom. The van der Waals surface area contributed by atoms with Crippen LogP contribution in [0.1, 0.15) is 149 Å². The number of phosphoric ester groups is 1. The second kappa shape index (κ2) is 33.8. The topological polar surface area (TPSA) is 111 Å². The van der Waals surface area contributed by atoms with Crippen LogP contribution in [-0.4, -0.2) is 70.0 Å². The number of carbonyl (C=O) groups excluding carboxylic acids is 2. The van der Waals surface area contributed by atoms with Gasteiger partial charge in [0.25, 0.3) is 7.82 Å². The van der Waals surface area contributed by atoms with Crippen molar-refractivity contribution >= 4 is 19.8 Å². The summed E-state index contributed by atoms with van der Waals surface area (Å²) in [4.78, 5) is 37.3. The number of allylic oxidation sites excluding steroid dienone is 8. The molecule has 0 aromatic heterocycles. The van der Waals surface area contributed by atoms with Crippen LogP contribution in [0.4, 0.5) is 0 Å². The molecule has 0 amide bonds. The number of hydrogen-bond donors (Lipinski definition) is 0. The number of esters is 2. The molecule has 51 heavy (non-hydrogen) atoms. The second-order valence-corrected chi connectivity index (χ2v) is 15.7. The molecule has 0 aromatic rings. The molecule has 0 aliphatic carbocycles. The largest absolute Gasteiger partial charge is 0.756 e. The van der Waals surface area contributed by atoms with E-state index in [0.29, 0.717) is 23.9 Å². The van der Waals surface area contributed by atoms with Crippen molar-refractivity contribution in [3.8, 4) is 0 Å². The number of unbranched alkanes of at least 4 members (excludes halogenated alkanes) is 13. The van der Waals surface area contributed by atoms with Crippen LogP contribution in [0, 0.1) is 0 Å². The smallest absolute Gasteiger partial charge is 0.306 e. The quantitative estimate of drug-likeness (QED) is 0.0208. The van der Waals surface area contributed by atoms with Gasteiger partial charge in [-0.1, -0.05) is 133 Å². The van der Waals surface area contributed by atoms with Gasteiger partial charge in [0.1, 0.15) is 19.8 Å². The average molecular weight is 740 g/mol. The highest BCUT2D eigenvalue weighted by atomic mass is 31.2. The van der Waals surface area contributed by atoms with Crippen molar-refractivity contribution in [1.29, 1.82) is 0 Å². The monoisotopic (exact) mass is 740 g/mol. The van der Waals surface area contributed by atoms with E-state index in [2.05, 4.69) is 56.4 Å². The number of phosphoric acid groups is 1. The molecule has 9 nitrogen and oxygen atoms in total. The summed E-state index contributed by atoms with van der Waals surface area (Å²) in [7, 11) is 1.13. The minimum absolute atomic E-state index is 0.0416. The molecule has 0 saturated carbocycles. The van der Waals surface area contributed by atoms with E-state index in [0.717, 1.165) is 38.5 Å². The SMILES string of the molecule is CCCCC/C=C\C/C=C\C/C=C\C/C=C\CCCC(=O)O[C@H](COC(=O)CCCCCCCCCCCC)COP(=O)([O-])OCC[N+](C)(C)C. The van der Waals surface area contributed by atoms with Gasteiger partial charge >= 0.3 is 11.9 Å². The van der Waals surface area contributed by atoms with Gasteiger partial charge in [-0.3, -0.25) is 14.2 Å². The number of ether oxygens (including phenoxy) is 2. The molecule has 0 N–H and O–H groups in total. The summed E-state index contributed by atoms with van der Waals surface area (Å²) in [6, 6.07) is 0. The number of carbonyl (C=O) groups is 2. The minimum Gasteiger partial charge on any atom is -0.756 e. The zero-order chi connectivity index (χ0) is 37.9. The van der Waals surface area contributed by atoms with E-state index in [-0.39, 0.29) is 26.1 Å². The van der Waals surface area contributed by atoms with E-state index in [1.165, 1.54) is 70.6 Å². The molecule has 2 atom stereocenters. The molecule has 0 fully saturated rings. The van der Waals surface area contributed by atoms with E-state index in [1.807, 2.05) is 27.2 Å². The normalized spacial score (nSPS) is 14.2. The summed E-state index contributed by atoms with van der Waals surface area (Å²) >= 11 is 0. The van der Waals surface area contributed by atoms with E-state index in [4.69, 9.17) is 18.5 Å². The van der Waals surface area contributed by atoms with Gasteiger partial charge in [0.2, 0.25) is 0 Å². The van der Waals surface area contributed by atoms with E-state index < -0.39 is 32.5 Å². The Balaban J connectivity index is 4.53. The van der Waals surface area contributed by atoms with Gasteiger partial charge in [-0.15, -0.1) is 0 Å². The molecule has 0 rings (SSSR count). The Morgan fingerprint density at radius 2 is 1.08 bits per heavy atom. The highest BCUT2D eigenvalue weighted by Gasteiger charge is 2.21. The van der Waals surface area contributed by atoms with Crippen LogP contribution < -0.4 is 4.89 Å². The summed E-state index contributed by atoms with van der Waals surface area (Å²) in [5, 5.41) is 0. The van der Waals surface area contributed by atoms with Crippen molar-refractivity contribution in [3.05, 3.63) is 48.6 Å². The van der Waals surface area contributed by atoms with Gasteiger partial charge < -0.3 is 27.9 Å². The first-order chi connectivity index (χ1) is 24.5. The standard InChI is InChI=1S/C41H74NO8P/c1-6-8-10-12-14-16-18-19-20-21-22-23-24-26-28-30-32-34-41(44)50-39(38-49-51(45,46)48-36-35-42(3,4)5)37-47-40(43)33-31-29-27-25-17-15-13-11-9-7-2/h14,16,19-20,22-23,26,28,39H,6-13,15,17-18,21,24-25,27,29-38H2,1-5H3/b16-14-,20-19-,23-22-,28-26-/t39-/m1/s1. The Hall–Kier alpha value is -2.03. The molecule has 296 valence electrons. The molecule has 0 spiro atoms. The zero-order valence-electron chi connectivity index (χ0n) is 33.0. The molecule has 0 radical (unpaired) electrons. The van der Waals surface area contributed by atoms with Gasteiger partial charge in [0.15, 0.2) is 6.10 Å². The highest BCUT2D eigenvalue weighted by molar-refractivity contribution is 7.45. The molecule has 0 bridgehead atoms. The van der Waals surface area contributed by atoms with Crippen LogP contribution in [0.3, 0.4) is 0 Å². The Bertz CT molecular complexity index is 1020. The van der Waals surface area contributed by atoms with E-state index in [9.17, 15) is 19.0 Å². The summed E-state index contributed by atoms with van der Waals surface area (Å²) in [6.45, 7) is 4.10. The van der Waals surface area contributed by atoms with Crippen LogP contribution in [0.5, 0.6) is 0 Å². The number of quaternary nitrogens is 1. The first-order valence-electron chi connectivity index (χ1n) is 19.8.